The van der Waals surface area contributed by atoms with E-state index in [2.05, 4.69) is 5.32 Å². The maximum atomic E-state index is 13.7. The molecule has 1 fully saturated rings. The summed E-state index contributed by atoms with van der Waals surface area (Å²) in [6.07, 6.45) is 0.115. The van der Waals surface area contributed by atoms with E-state index < -0.39 is 70.8 Å². The number of aliphatic hydroxyl groups is 3. The lowest BCUT2D eigenvalue weighted by Crippen LogP contribution is -2.65. The minimum Gasteiger partial charge on any atom is -0.508 e. The molecule has 0 aromatic heterocycles. The molecule has 5 atom stereocenters. The lowest BCUT2D eigenvalue weighted by molar-refractivity contribution is -0.153. The zero-order valence-electron chi connectivity index (χ0n) is 19.5. The number of Topliss-reactive ketones (excluding diaryl/α,β-unsaturated/α-hetero) is 2. The van der Waals surface area contributed by atoms with Crippen molar-refractivity contribution in [3.63, 3.8) is 0 Å². The summed E-state index contributed by atoms with van der Waals surface area (Å²) in [7, 11) is 3.07. The zero-order chi connectivity index (χ0) is 26.0. The fraction of sp³-hybridized carbons (Fsp3) is 0.458. The molecule has 7 N–H and O–H groups in total. The number of rotatable bonds is 5. The van der Waals surface area contributed by atoms with Gasteiger partial charge in [0.05, 0.1) is 17.6 Å². The van der Waals surface area contributed by atoms with Gasteiger partial charge in [0.1, 0.15) is 29.5 Å². The lowest BCUT2D eigenvalue weighted by Gasteiger charge is -2.50. The van der Waals surface area contributed by atoms with Gasteiger partial charge in [-0.05, 0) is 57.5 Å². The van der Waals surface area contributed by atoms with E-state index in [1.165, 1.54) is 25.1 Å². The Labute approximate surface area is 200 Å². The van der Waals surface area contributed by atoms with Crippen LogP contribution < -0.4 is 11.1 Å². The molecule has 0 aliphatic heterocycles. The number of primary amides is 1. The van der Waals surface area contributed by atoms with Crippen LogP contribution >= 0.6 is 0 Å². The van der Waals surface area contributed by atoms with Crippen molar-refractivity contribution >= 4 is 28.9 Å². The summed E-state index contributed by atoms with van der Waals surface area (Å²) in [5.74, 6) is -7.07. The number of amides is 1. The molecule has 4 rings (SSSR count). The van der Waals surface area contributed by atoms with Gasteiger partial charge in [0.2, 0.25) is 5.78 Å². The van der Waals surface area contributed by atoms with Crippen LogP contribution in [0.3, 0.4) is 0 Å². The summed E-state index contributed by atoms with van der Waals surface area (Å²) in [6, 6.07) is 1.12. The Kier molecular flexibility index (Phi) is 5.89. The molecule has 1 aromatic rings. The van der Waals surface area contributed by atoms with Gasteiger partial charge >= 0.3 is 0 Å². The normalized spacial score (nSPS) is 29.0. The van der Waals surface area contributed by atoms with Crippen LogP contribution in [0.4, 0.5) is 10.1 Å². The van der Waals surface area contributed by atoms with Crippen LogP contribution in [0.2, 0.25) is 0 Å². The number of carbonyl (C=O) groups is 3. The minimum atomic E-state index is -2.68. The fourth-order valence-electron chi connectivity index (χ4n) is 5.68. The van der Waals surface area contributed by atoms with E-state index in [0.29, 0.717) is 11.3 Å². The van der Waals surface area contributed by atoms with Crippen molar-refractivity contribution in [1.82, 2.24) is 4.90 Å². The molecule has 1 aromatic carbocycles. The van der Waals surface area contributed by atoms with Crippen LogP contribution in [0.15, 0.2) is 29.0 Å². The Morgan fingerprint density at radius 3 is 2.51 bits per heavy atom. The zero-order valence-corrected chi connectivity index (χ0v) is 19.5. The fourth-order valence-corrected chi connectivity index (χ4v) is 5.68. The molecule has 3 aliphatic carbocycles. The van der Waals surface area contributed by atoms with E-state index in [4.69, 9.17) is 5.73 Å². The summed E-state index contributed by atoms with van der Waals surface area (Å²) in [6.45, 7) is 0.953. The average Bonchev–Trinajstić information content (AvgIpc) is 2.77. The number of nitrogens with two attached hydrogens (primary N) is 1. The molecule has 0 spiro atoms. The van der Waals surface area contributed by atoms with Crippen molar-refractivity contribution in [2.24, 2.45) is 17.6 Å². The molecule has 10 nitrogen and oxygen atoms in total. The third kappa shape index (κ3) is 3.41. The van der Waals surface area contributed by atoms with Gasteiger partial charge in [-0.3, -0.25) is 19.3 Å². The molecule has 35 heavy (non-hydrogen) atoms. The molecule has 3 aliphatic rings. The standard InChI is InChI=1S/C24H28FN3O7/c1-9(8-25)27-13-4-5-14(29)16-11(13)6-10-7-12-18(28(2)3)20(31)17(23(26)34)22(33)24(12,35)21(32)15(10)19(16)30/h4-5,9-10,12,18,27,29-30,33,35H,6-8H2,1-3H3,(H2,26,34)/t9?,10-,12-,18-,24-/m0/s1. The van der Waals surface area contributed by atoms with E-state index in [9.17, 15) is 39.2 Å². The van der Waals surface area contributed by atoms with Gasteiger partial charge < -0.3 is 31.5 Å². The smallest absolute Gasteiger partial charge is 0.255 e. The quantitative estimate of drug-likeness (QED) is 0.257. The Hall–Kier alpha value is -3.44. The number of alkyl halides is 1. The number of fused-ring (bicyclic) bond motifs is 3. The maximum absolute atomic E-state index is 13.7. The van der Waals surface area contributed by atoms with Gasteiger partial charge in [-0.2, -0.15) is 0 Å². The molecule has 0 radical (unpaired) electrons. The van der Waals surface area contributed by atoms with Gasteiger partial charge in [0.25, 0.3) is 5.91 Å². The monoisotopic (exact) mass is 489 g/mol. The molecule has 0 bridgehead atoms. The molecule has 0 heterocycles. The second-order valence-electron chi connectivity index (χ2n) is 9.65. The van der Waals surface area contributed by atoms with Crippen molar-refractivity contribution in [3.05, 3.63) is 40.2 Å². The van der Waals surface area contributed by atoms with Gasteiger partial charge in [0, 0.05) is 17.2 Å². The number of aromatic hydroxyl groups is 1. The second-order valence-corrected chi connectivity index (χ2v) is 9.65. The predicted octanol–water partition coefficient (Wildman–Crippen LogP) is 0.734. The summed E-state index contributed by atoms with van der Waals surface area (Å²) < 4.78 is 13.1. The van der Waals surface area contributed by atoms with Crippen molar-refractivity contribution in [2.45, 2.75) is 37.5 Å². The van der Waals surface area contributed by atoms with Crippen LogP contribution in [0, 0.1) is 11.8 Å². The van der Waals surface area contributed by atoms with Crippen molar-refractivity contribution in [1.29, 1.82) is 0 Å². The molecule has 1 saturated carbocycles. The number of likely N-dealkylation sites (N-methyl/N-ethyl adjacent to an activating group) is 1. The summed E-state index contributed by atoms with van der Waals surface area (Å²) in [4.78, 5) is 40.2. The lowest BCUT2D eigenvalue weighted by atomic mass is 9.57. The molecular formula is C24H28FN3O7. The number of aliphatic hydroxyl groups excluding tert-OH is 2. The first-order chi connectivity index (χ1) is 16.4. The van der Waals surface area contributed by atoms with Gasteiger partial charge in [0.15, 0.2) is 11.4 Å². The second kappa shape index (κ2) is 8.35. The third-order valence-corrected chi connectivity index (χ3v) is 7.24. The maximum Gasteiger partial charge on any atom is 0.255 e. The van der Waals surface area contributed by atoms with E-state index in [-0.39, 0.29) is 29.7 Å². The van der Waals surface area contributed by atoms with E-state index in [1.807, 2.05) is 0 Å². The average molecular weight is 490 g/mol. The number of phenols is 1. The third-order valence-electron chi connectivity index (χ3n) is 7.24. The van der Waals surface area contributed by atoms with Gasteiger partial charge in [-0.1, -0.05) is 0 Å². The summed E-state index contributed by atoms with van der Waals surface area (Å²) in [5, 5.41) is 47.0. The predicted molar refractivity (Wildman–Crippen MR) is 123 cm³/mol. The first-order valence-corrected chi connectivity index (χ1v) is 11.2. The number of phenolic OH excluding ortho intramolecular Hbond substituents is 1. The highest BCUT2D eigenvalue weighted by Crippen LogP contribution is 2.53. The first kappa shape index (κ1) is 24.7. The summed E-state index contributed by atoms with van der Waals surface area (Å²) in [5.41, 5.74) is 2.40. The van der Waals surface area contributed by atoms with E-state index in [0.717, 1.165) is 0 Å². The Morgan fingerprint density at radius 1 is 1.29 bits per heavy atom. The van der Waals surface area contributed by atoms with Crippen molar-refractivity contribution in [2.75, 3.05) is 26.1 Å². The molecule has 188 valence electrons. The molecule has 1 unspecified atom stereocenters. The Morgan fingerprint density at radius 2 is 1.94 bits per heavy atom. The molecule has 0 saturated heterocycles. The van der Waals surface area contributed by atoms with Crippen LogP contribution in [-0.2, 0) is 20.8 Å². The Bertz CT molecular complexity index is 1210. The first-order valence-electron chi connectivity index (χ1n) is 11.2. The van der Waals surface area contributed by atoms with Crippen LogP contribution in [0.1, 0.15) is 24.5 Å². The Balaban J connectivity index is 1.94. The summed E-state index contributed by atoms with van der Waals surface area (Å²) >= 11 is 0. The number of nitrogens with one attached hydrogen (secondary N) is 1. The largest absolute Gasteiger partial charge is 0.508 e. The van der Waals surface area contributed by atoms with E-state index >= 15 is 0 Å². The van der Waals surface area contributed by atoms with Crippen LogP contribution in [-0.4, -0.2) is 81.3 Å². The van der Waals surface area contributed by atoms with Gasteiger partial charge in [-0.15, -0.1) is 0 Å². The number of carbonyl (C=O) groups excluding carboxylic acids is 3. The number of hydrogen-bond acceptors (Lipinski definition) is 9. The molecular weight excluding hydrogens is 461 g/mol. The van der Waals surface area contributed by atoms with Crippen LogP contribution in [0.25, 0.3) is 5.76 Å². The number of benzene rings is 1. The van der Waals surface area contributed by atoms with Crippen molar-refractivity contribution in [3.8, 4) is 5.75 Å². The molecule has 11 heteroatoms. The number of anilines is 1. The highest BCUT2D eigenvalue weighted by Gasteiger charge is 2.64. The topological polar surface area (TPSA) is 173 Å². The highest BCUT2D eigenvalue weighted by molar-refractivity contribution is 6.24. The number of nitrogens with zero attached hydrogens (tertiary/aromatic N) is 1. The number of halogens is 1. The van der Waals surface area contributed by atoms with Crippen molar-refractivity contribution < 1.29 is 39.2 Å². The number of ketones is 2. The highest BCUT2D eigenvalue weighted by atomic mass is 19.1. The van der Waals surface area contributed by atoms with Gasteiger partial charge in [-0.25, -0.2) is 4.39 Å². The minimum absolute atomic E-state index is 0.0144. The van der Waals surface area contributed by atoms with Crippen LogP contribution in [0.5, 0.6) is 5.75 Å². The van der Waals surface area contributed by atoms with E-state index in [1.54, 1.807) is 13.0 Å². The SMILES string of the molecule is CC(CF)Nc1ccc(O)c2c1C[C@H]1C[C@H]3[C@H](N(C)C)C(=O)C(C(N)=O)=C(O)[C@@]3(O)C(=O)C1=C2O. The molecule has 1 amide bonds. The number of hydrogen-bond donors (Lipinski definition) is 6.